The zero-order valence-electron chi connectivity index (χ0n) is 9.31. The fourth-order valence-electron chi connectivity index (χ4n) is 1.31. The van der Waals surface area contributed by atoms with Gasteiger partial charge in [0.25, 0.3) is 17.2 Å². The van der Waals surface area contributed by atoms with Crippen LogP contribution in [0.25, 0.3) is 0 Å². The fourth-order valence-corrected chi connectivity index (χ4v) is 1.31. The van der Waals surface area contributed by atoms with Gasteiger partial charge in [-0.25, -0.2) is 9.37 Å². The molecule has 0 saturated carbocycles. The van der Waals surface area contributed by atoms with E-state index in [1.807, 2.05) is 0 Å². The number of rotatable bonds is 3. The summed E-state index contributed by atoms with van der Waals surface area (Å²) in [4.78, 5) is 17.1. The Balaban J connectivity index is 2.43. The second-order valence-corrected chi connectivity index (χ2v) is 3.28. The summed E-state index contributed by atoms with van der Waals surface area (Å²) in [6, 6.07) is 3.51. The van der Waals surface area contributed by atoms with E-state index in [-0.39, 0.29) is 17.2 Å². The first-order chi connectivity index (χ1) is 8.61. The molecular formula is C11H9FN2O4. The van der Waals surface area contributed by atoms with Gasteiger partial charge in [-0.15, -0.1) is 0 Å². The lowest BCUT2D eigenvalue weighted by molar-refractivity contribution is 0.355. The second-order valence-electron chi connectivity index (χ2n) is 3.28. The van der Waals surface area contributed by atoms with Gasteiger partial charge in [-0.2, -0.15) is 0 Å². The van der Waals surface area contributed by atoms with Gasteiger partial charge in [0.2, 0.25) is 0 Å². The maximum atomic E-state index is 13.0. The lowest BCUT2D eigenvalue weighted by atomic mass is 10.3. The average Bonchev–Trinajstić information content (AvgIpc) is 2.35. The van der Waals surface area contributed by atoms with Gasteiger partial charge in [0, 0.05) is 6.07 Å². The highest BCUT2D eigenvalue weighted by atomic mass is 19.1. The first-order valence-corrected chi connectivity index (χ1v) is 4.90. The van der Waals surface area contributed by atoms with E-state index in [4.69, 9.17) is 9.47 Å². The van der Waals surface area contributed by atoms with E-state index in [0.717, 1.165) is 18.5 Å². The third-order valence-electron chi connectivity index (χ3n) is 2.13. The molecule has 0 fully saturated rings. The first-order valence-electron chi connectivity index (χ1n) is 4.90. The van der Waals surface area contributed by atoms with Crippen molar-refractivity contribution in [2.75, 3.05) is 7.11 Å². The lowest BCUT2D eigenvalue weighted by Crippen LogP contribution is -2.09. The van der Waals surface area contributed by atoms with Crippen molar-refractivity contribution in [2.24, 2.45) is 0 Å². The van der Waals surface area contributed by atoms with E-state index in [0.29, 0.717) is 0 Å². The molecule has 0 unspecified atom stereocenters. The van der Waals surface area contributed by atoms with Crippen LogP contribution in [0.5, 0.6) is 23.1 Å². The first kappa shape index (κ1) is 11.9. The predicted molar refractivity (Wildman–Crippen MR) is 59.5 cm³/mol. The van der Waals surface area contributed by atoms with Crippen molar-refractivity contribution in [1.29, 1.82) is 0 Å². The highest BCUT2D eigenvalue weighted by Crippen LogP contribution is 2.32. The third-order valence-corrected chi connectivity index (χ3v) is 2.13. The zero-order chi connectivity index (χ0) is 13.1. The maximum Gasteiger partial charge on any atom is 0.297 e. The number of hydrogen-bond acceptors (Lipinski definition) is 5. The van der Waals surface area contributed by atoms with Crippen LogP contribution >= 0.6 is 0 Å². The van der Waals surface area contributed by atoms with E-state index in [1.165, 1.54) is 13.2 Å². The zero-order valence-corrected chi connectivity index (χ0v) is 9.31. The summed E-state index contributed by atoms with van der Waals surface area (Å²) in [5.74, 6) is -1.28. The Morgan fingerprint density at radius 3 is 2.83 bits per heavy atom. The van der Waals surface area contributed by atoms with Crippen molar-refractivity contribution in [3.8, 4) is 23.1 Å². The number of nitrogens with zero attached hydrogens (tertiary/aromatic N) is 1. The quantitative estimate of drug-likeness (QED) is 0.862. The summed E-state index contributed by atoms with van der Waals surface area (Å²) >= 11 is 0. The molecule has 94 valence electrons. The van der Waals surface area contributed by atoms with Crippen LogP contribution in [0.4, 0.5) is 4.39 Å². The van der Waals surface area contributed by atoms with Crippen LogP contribution in [-0.4, -0.2) is 22.2 Å². The molecule has 0 aliphatic carbocycles. The molecule has 1 aromatic carbocycles. The number of H-pyrrole nitrogens is 1. The largest absolute Gasteiger partial charge is 0.493 e. The number of aromatic nitrogens is 2. The van der Waals surface area contributed by atoms with Crippen molar-refractivity contribution < 1.29 is 19.0 Å². The van der Waals surface area contributed by atoms with Crippen LogP contribution in [0.1, 0.15) is 0 Å². The average molecular weight is 252 g/mol. The van der Waals surface area contributed by atoms with Crippen molar-refractivity contribution in [1.82, 2.24) is 9.97 Å². The van der Waals surface area contributed by atoms with E-state index in [1.54, 1.807) is 0 Å². The number of benzene rings is 1. The van der Waals surface area contributed by atoms with Crippen LogP contribution in [0.3, 0.4) is 0 Å². The highest BCUT2D eigenvalue weighted by molar-refractivity contribution is 5.44. The monoisotopic (exact) mass is 252 g/mol. The topological polar surface area (TPSA) is 84.4 Å². The Labute approximate surface area is 101 Å². The molecule has 0 amide bonds. The minimum atomic E-state index is -0.658. The minimum Gasteiger partial charge on any atom is -0.493 e. The standard InChI is InChI=1S/C11H9FN2O4/c1-17-8-4-6(12)2-3-7(8)18-9-10(15)13-5-14-11(9)16/h2-5H,1H3,(H2,13,14,15,16). The van der Waals surface area contributed by atoms with Gasteiger partial charge in [0.05, 0.1) is 13.4 Å². The Hall–Kier alpha value is -2.57. The Morgan fingerprint density at radius 2 is 2.17 bits per heavy atom. The van der Waals surface area contributed by atoms with Crippen molar-refractivity contribution in [3.05, 3.63) is 40.7 Å². The van der Waals surface area contributed by atoms with Crippen molar-refractivity contribution >= 4 is 0 Å². The summed E-state index contributed by atoms with van der Waals surface area (Å²) in [6.07, 6.45) is 1.03. The Kier molecular flexibility index (Phi) is 3.13. The molecule has 7 heteroatoms. The third kappa shape index (κ3) is 2.24. The SMILES string of the molecule is COc1cc(F)ccc1Oc1c(O)nc[nH]c1=O. The number of ether oxygens (including phenoxy) is 2. The fraction of sp³-hybridized carbons (Fsp3) is 0.0909. The molecule has 2 N–H and O–H groups in total. The summed E-state index contributed by atoms with van der Waals surface area (Å²) in [5.41, 5.74) is -0.658. The number of methoxy groups -OCH3 is 1. The van der Waals surface area contributed by atoms with E-state index < -0.39 is 17.3 Å². The van der Waals surface area contributed by atoms with Crippen molar-refractivity contribution in [2.45, 2.75) is 0 Å². The van der Waals surface area contributed by atoms with Crippen LogP contribution in [0.2, 0.25) is 0 Å². The van der Waals surface area contributed by atoms with Crippen LogP contribution < -0.4 is 15.0 Å². The number of halogens is 1. The molecule has 0 atom stereocenters. The summed E-state index contributed by atoms with van der Waals surface area (Å²) < 4.78 is 23.0. The highest BCUT2D eigenvalue weighted by Gasteiger charge is 2.13. The molecule has 18 heavy (non-hydrogen) atoms. The van der Waals surface area contributed by atoms with Gasteiger partial charge >= 0.3 is 0 Å². The molecule has 0 radical (unpaired) electrons. The van der Waals surface area contributed by atoms with Gasteiger partial charge in [-0.05, 0) is 12.1 Å². The maximum absolute atomic E-state index is 13.0. The molecule has 1 heterocycles. The van der Waals surface area contributed by atoms with E-state index in [9.17, 15) is 14.3 Å². The summed E-state index contributed by atoms with van der Waals surface area (Å²) in [5, 5.41) is 9.40. The predicted octanol–water partition coefficient (Wildman–Crippen LogP) is 1.42. The van der Waals surface area contributed by atoms with E-state index >= 15 is 0 Å². The van der Waals surface area contributed by atoms with Gasteiger partial charge in [0.1, 0.15) is 5.82 Å². The van der Waals surface area contributed by atoms with E-state index in [2.05, 4.69) is 9.97 Å². The Morgan fingerprint density at radius 1 is 1.39 bits per heavy atom. The van der Waals surface area contributed by atoms with Gasteiger partial charge in [-0.1, -0.05) is 0 Å². The molecule has 0 bridgehead atoms. The molecule has 0 saturated heterocycles. The molecule has 6 nitrogen and oxygen atoms in total. The second kappa shape index (κ2) is 4.74. The van der Waals surface area contributed by atoms with Gasteiger partial charge in [-0.3, -0.25) is 4.79 Å². The Bertz CT molecular complexity index is 627. The summed E-state index contributed by atoms with van der Waals surface area (Å²) in [7, 11) is 1.33. The summed E-state index contributed by atoms with van der Waals surface area (Å²) in [6.45, 7) is 0. The molecule has 0 aliphatic heterocycles. The minimum absolute atomic E-state index is 0.0905. The normalized spacial score (nSPS) is 10.1. The molecule has 0 aliphatic rings. The van der Waals surface area contributed by atoms with Crippen LogP contribution in [-0.2, 0) is 0 Å². The molecule has 1 aromatic heterocycles. The van der Waals surface area contributed by atoms with Gasteiger partial charge < -0.3 is 19.6 Å². The van der Waals surface area contributed by atoms with Crippen LogP contribution in [0, 0.1) is 5.82 Å². The van der Waals surface area contributed by atoms with Gasteiger partial charge in [0.15, 0.2) is 11.5 Å². The lowest BCUT2D eigenvalue weighted by Gasteiger charge is -2.09. The number of hydrogen-bond donors (Lipinski definition) is 2. The number of aromatic amines is 1. The number of nitrogens with one attached hydrogen (secondary N) is 1. The van der Waals surface area contributed by atoms with Crippen molar-refractivity contribution in [3.63, 3.8) is 0 Å². The molecule has 2 rings (SSSR count). The number of aromatic hydroxyl groups is 1. The van der Waals surface area contributed by atoms with Crippen LogP contribution in [0.15, 0.2) is 29.3 Å². The molecule has 0 spiro atoms. The molecular weight excluding hydrogens is 243 g/mol. The smallest absolute Gasteiger partial charge is 0.297 e. The molecule has 2 aromatic rings.